The van der Waals surface area contributed by atoms with Crippen molar-refractivity contribution in [2.24, 2.45) is 5.92 Å². The minimum absolute atomic E-state index is 0.265. The van der Waals surface area contributed by atoms with E-state index in [0.717, 1.165) is 39.1 Å². The molecule has 2 saturated heterocycles. The van der Waals surface area contributed by atoms with Gasteiger partial charge in [-0.05, 0) is 37.0 Å². The Labute approximate surface area is 191 Å². The molecule has 1 atom stereocenters. The van der Waals surface area contributed by atoms with Crippen molar-refractivity contribution in [1.29, 1.82) is 0 Å². The third-order valence-electron chi connectivity index (χ3n) is 5.34. The first-order valence-electron chi connectivity index (χ1n) is 10.4. The van der Waals surface area contributed by atoms with E-state index in [2.05, 4.69) is 25.9 Å². The van der Waals surface area contributed by atoms with Crippen LogP contribution in [0, 0.1) is 5.92 Å². The standard InChI is InChI=1S/C21H25Cl2N5O3/c22-15-1-2-18(25-10-13-3-6-30-7-4-13)27-20(15)14-9-19(26-11-16(14)23)28-21(29)17-12-24-5-8-31-17/h1-2,9,11,13,17,24H,3-8,10,12H2,(H,25,27)(H,26,28,29). The minimum atomic E-state index is -0.561. The fourth-order valence-electron chi connectivity index (χ4n) is 3.56. The molecular weight excluding hydrogens is 441 g/mol. The zero-order valence-corrected chi connectivity index (χ0v) is 18.5. The molecule has 1 amide bonds. The number of nitrogens with one attached hydrogen (secondary N) is 3. The van der Waals surface area contributed by atoms with Crippen LogP contribution in [0.1, 0.15) is 12.8 Å². The summed E-state index contributed by atoms with van der Waals surface area (Å²) >= 11 is 12.8. The molecule has 4 heterocycles. The van der Waals surface area contributed by atoms with Gasteiger partial charge in [-0.1, -0.05) is 23.2 Å². The zero-order chi connectivity index (χ0) is 21.6. The maximum atomic E-state index is 12.4. The lowest BCUT2D eigenvalue weighted by atomic mass is 10.0. The number of ether oxygens (including phenoxy) is 2. The quantitative estimate of drug-likeness (QED) is 0.602. The molecule has 8 nitrogen and oxygen atoms in total. The number of nitrogens with zero attached hydrogens (tertiary/aromatic N) is 2. The molecule has 166 valence electrons. The van der Waals surface area contributed by atoms with Gasteiger partial charge in [-0.3, -0.25) is 4.79 Å². The summed E-state index contributed by atoms with van der Waals surface area (Å²) in [4.78, 5) is 21.3. The molecular formula is C21H25Cl2N5O3. The van der Waals surface area contributed by atoms with E-state index in [1.807, 2.05) is 6.07 Å². The Balaban J connectivity index is 1.49. The van der Waals surface area contributed by atoms with Gasteiger partial charge in [-0.15, -0.1) is 0 Å². The van der Waals surface area contributed by atoms with Crippen LogP contribution in [0.2, 0.25) is 10.0 Å². The third kappa shape index (κ3) is 5.84. The summed E-state index contributed by atoms with van der Waals surface area (Å²) in [6.07, 6.45) is 2.99. The summed E-state index contributed by atoms with van der Waals surface area (Å²) in [5.41, 5.74) is 1.12. The van der Waals surface area contributed by atoms with Gasteiger partial charge in [0.1, 0.15) is 17.7 Å². The lowest BCUT2D eigenvalue weighted by molar-refractivity contribution is -0.128. The van der Waals surface area contributed by atoms with Crippen LogP contribution in [0.4, 0.5) is 11.6 Å². The Morgan fingerprint density at radius 2 is 2.00 bits per heavy atom. The molecule has 0 bridgehead atoms. The van der Waals surface area contributed by atoms with Crippen LogP contribution in [0.3, 0.4) is 0 Å². The van der Waals surface area contributed by atoms with Crippen molar-refractivity contribution < 1.29 is 14.3 Å². The smallest absolute Gasteiger partial charge is 0.255 e. The second-order valence-corrected chi connectivity index (χ2v) is 8.38. The van der Waals surface area contributed by atoms with E-state index in [4.69, 9.17) is 32.7 Å². The molecule has 2 aliphatic heterocycles. The van der Waals surface area contributed by atoms with E-state index < -0.39 is 6.10 Å². The number of carbonyl (C=O) groups is 1. The van der Waals surface area contributed by atoms with Crippen LogP contribution < -0.4 is 16.0 Å². The molecule has 0 aromatic carbocycles. The summed E-state index contributed by atoms with van der Waals surface area (Å²) < 4.78 is 10.9. The van der Waals surface area contributed by atoms with Crippen LogP contribution in [0.5, 0.6) is 0 Å². The van der Waals surface area contributed by atoms with E-state index in [0.29, 0.717) is 52.0 Å². The number of hydrogen-bond donors (Lipinski definition) is 3. The van der Waals surface area contributed by atoms with Gasteiger partial charge in [0.25, 0.3) is 5.91 Å². The number of pyridine rings is 2. The first kappa shape index (κ1) is 22.2. The van der Waals surface area contributed by atoms with Gasteiger partial charge >= 0.3 is 0 Å². The van der Waals surface area contributed by atoms with E-state index in [-0.39, 0.29) is 5.91 Å². The van der Waals surface area contributed by atoms with Crippen molar-refractivity contribution in [1.82, 2.24) is 15.3 Å². The largest absolute Gasteiger partial charge is 0.381 e. The first-order valence-corrected chi connectivity index (χ1v) is 11.1. The number of anilines is 2. The molecule has 31 heavy (non-hydrogen) atoms. The topological polar surface area (TPSA) is 97.4 Å². The molecule has 0 radical (unpaired) electrons. The molecule has 2 aromatic rings. The minimum Gasteiger partial charge on any atom is -0.381 e. The highest BCUT2D eigenvalue weighted by Crippen LogP contribution is 2.34. The summed E-state index contributed by atoms with van der Waals surface area (Å²) in [6, 6.07) is 5.30. The Morgan fingerprint density at radius 1 is 1.16 bits per heavy atom. The normalized spacial score (nSPS) is 19.7. The Kier molecular flexibility index (Phi) is 7.58. The van der Waals surface area contributed by atoms with Gasteiger partial charge in [0.2, 0.25) is 0 Å². The van der Waals surface area contributed by atoms with Crippen LogP contribution in [-0.2, 0) is 14.3 Å². The van der Waals surface area contributed by atoms with Crippen molar-refractivity contribution >= 4 is 40.7 Å². The monoisotopic (exact) mass is 465 g/mol. The fraction of sp³-hybridized carbons (Fsp3) is 0.476. The summed E-state index contributed by atoms with van der Waals surface area (Å²) in [6.45, 7) is 4.10. The number of morpholine rings is 1. The van der Waals surface area contributed by atoms with Crippen LogP contribution >= 0.6 is 23.2 Å². The molecule has 0 saturated carbocycles. The maximum Gasteiger partial charge on any atom is 0.255 e. The molecule has 0 aliphatic carbocycles. The van der Waals surface area contributed by atoms with Crippen molar-refractivity contribution in [3.63, 3.8) is 0 Å². The van der Waals surface area contributed by atoms with Crippen LogP contribution in [-0.4, -0.2) is 61.4 Å². The van der Waals surface area contributed by atoms with Crippen molar-refractivity contribution in [2.45, 2.75) is 18.9 Å². The molecule has 3 N–H and O–H groups in total. The number of hydrogen-bond acceptors (Lipinski definition) is 7. The molecule has 0 spiro atoms. The Morgan fingerprint density at radius 3 is 2.77 bits per heavy atom. The van der Waals surface area contributed by atoms with E-state index in [1.54, 1.807) is 12.1 Å². The highest BCUT2D eigenvalue weighted by atomic mass is 35.5. The second-order valence-electron chi connectivity index (χ2n) is 7.57. The highest BCUT2D eigenvalue weighted by Gasteiger charge is 2.23. The van der Waals surface area contributed by atoms with Gasteiger partial charge in [-0.2, -0.15) is 0 Å². The van der Waals surface area contributed by atoms with Gasteiger partial charge in [0.05, 0.1) is 22.3 Å². The predicted molar refractivity (Wildman–Crippen MR) is 121 cm³/mol. The average Bonchev–Trinajstić information content (AvgIpc) is 2.81. The number of carbonyl (C=O) groups excluding carboxylic acids is 1. The van der Waals surface area contributed by atoms with E-state index in [1.165, 1.54) is 6.20 Å². The zero-order valence-electron chi connectivity index (χ0n) is 17.0. The predicted octanol–water partition coefficient (Wildman–Crippen LogP) is 3.22. The second kappa shape index (κ2) is 10.6. The van der Waals surface area contributed by atoms with Crippen molar-refractivity contribution in [3.8, 4) is 11.3 Å². The van der Waals surface area contributed by atoms with Gasteiger partial charge in [0, 0.05) is 44.6 Å². The van der Waals surface area contributed by atoms with Gasteiger partial charge in [0.15, 0.2) is 0 Å². The van der Waals surface area contributed by atoms with E-state index >= 15 is 0 Å². The SMILES string of the molecule is O=C(Nc1cc(-c2nc(NCC3CCOCC3)ccc2Cl)c(Cl)cn1)C1CNCCO1. The van der Waals surface area contributed by atoms with Crippen molar-refractivity contribution in [3.05, 3.63) is 34.4 Å². The number of amides is 1. The van der Waals surface area contributed by atoms with Gasteiger partial charge < -0.3 is 25.4 Å². The maximum absolute atomic E-state index is 12.4. The van der Waals surface area contributed by atoms with E-state index in [9.17, 15) is 4.79 Å². The summed E-state index contributed by atoms with van der Waals surface area (Å²) in [5.74, 6) is 1.36. The van der Waals surface area contributed by atoms with Crippen molar-refractivity contribution in [2.75, 3.05) is 50.1 Å². The molecule has 2 aromatic heterocycles. The summed E-state index contributed by atoms with van der Waals surface area (Å²) in [5, 5.41) is 10.1. The molecule has 4 rings (SSSR count). The Bertz CT molecular complexity index is 918. The number of halogens is 2. The molecule has 1 unspecified atom stereocenters. The third-order valence-corrected chi connectivity index (χ3v) is 5.95. The van der Waals surface area contributed by atoms with Gasteiger partial charge in [-0.25, -0.2) is 9.97 Å². The number of aromatic nitrogens is 2. The lowest BCUT2D eigenvalue weighted by Crippen LogP contribution is -2.45. The molecule has 10 heteroatoms. The average molecular weight is 466 g/mol. The first-order chi connectivity index (χ1) is 15.1. The Hall–Kier alpha value is -1.97. The van der Waals surface area contributed by atoms with Crippen LogP contribution in [0.15, 0.2) is 24.4 Å². The fourth-order valence-corrected chi connectivity index (χ4v) is 3.96. The lowest BCUT2D eigenvalue weighted by Gasteiger charge is -2.23. The highest BCUT2D eigenvalue weighted by molar-refractivity contribution is 6.36. The molecule has 2 fully saturated rings. The number of rotatable bonds is 6. The summed E-state index contributed by atoms with van der Waals surface area (Å²) in [7, 11) is 0. The van der Waals surface area contributed by atoms with Crippen LogP contribution in [0.25, 0.3) is 11.3 Å². The molecule has 2 aliphatic rings.